The molecule has 28 heavy (non-hydrogen) atoms. The summed E-state index contributed by atoms with van der Waals surface area (Å²) < 4.78 is 6.63. The van der Waals surface area contributed by atoms with E-state index in [1.165, 1.54) is 6.07 Å². The summed E-state index contributed by atoms with van der Waals surface area (Å²) in [6, 6.07) is 4.66. The van der Waals surface area contributed by atoms with Crippen molar-refractivity contribution in [2.75, 3.05) is 6.61 Å². The van der Waals surface area contributed by atoms with Crippen LogP contribution in [0.1, 0.15) is 58.3 Å². The molecule has 1 rings (SSSR count). The lowest BCUT2D eigenvalue weighted by Crippen LogP contribution is -2.53. The number of ketones is 1. The van der Waals surface area contributed by atoms with Gasteiger partial charge in [0.2, 0.25) is 0 Å². The molecule has 0 aliphatic rings. The third kappa shape index (κ3) is 8.29. The Bertz CT molecular complexity index is 637. The van der Waals surface area contributed by atoms with Crippen LogP contribution in [0, 0.1) is 0 Å². The zero-order valence-electron chi connectivity index (χ0n) is 19.2. The molecule has 162 valence electrons. The molecule has 0 saturated heterocycles. The summed E-state index contributed by atoms with van der Waals surface area (Å²) >= 11 is 11.4. The minimum Gasteiger partial charge on any atom is -0.455 e. The molecule has 0 saturated carbocycles. The highest BCUT2D eigenvalue weighted by Crippen LogP contribution is 2.44. The number of hydrogen-bond donors (Lipinski definition) is 1. The monoisotopic (exact) mass is 464 g/mol. The summed E-state index contributed by atoms with van der Waals surface area (Å²) in [6.45, 7) is 23.1. The van der Waals surface area contributed by atoms with E-state index in [0.717, 1.165) is 0 Å². The first-order valence-electron chi connectivity index (χ1n) is 9.65. The average Bonchev–Trinajstić information content (AvgIpc) is 2.47. The molecule has 0 aromatic heterocycles. The second-order valence-corrected chi connectivity index (χ2v) is 20.8. The minimum absolute atomic E-state index is 0.109. The third-order valence-electron chi connectivity index (χ3n) is 5.70. The van der Waals surface area contributed by atoms with Crippen LogP contribution >= 0.6 is 23.2 Å². The van der Waals surface area contributed by atoms with Crippen molar-refractivity contribution in [1.82, 2.24) is 0 Å². The van der Waals surface area contributed by atoms with Gasteiger partial charge < -0.3 is 9.22 Å². The molecule has 0 fully saturated rings. The highest BCUT2D eigenvalue weighted by atomic mass is 35.5. The molecule has 0 spiro atoms. The first kappa shape index (κ1) is 27.8. The summed E-state index contributed by atoms with van der Waals surface area (Å²) in [4.78, 5) is 11.2. The molecule has 1 N–H and O–H groups in total. The molecule has 3 nitrogen and oxygen atoms in total. The number of Topliss-reactive ketones (excluding diaryl/α,β-unsaturated/α-hetero) is 1. The molecule has 0 aliphatic heterocycles. The summed E-state index contributed by atoms with van der Waals surface area (Å²) in [5, 5.41) is 9.96. The zero-order valence-corrected chi connectivity index (χ0v) is 22.7. The Labute approximate surface area is 184 Å². The van der Waals surface area contributed by atoms with Crippen molar-refractivity contribution >= 4 is 45.6 Å². The summed E-state index contributed by atoms with van der Waals surface area (Å²) in [5.41, 5.74) is 0.475. The van der Waals surface area contributed by atoms with Crippen LogP contribution in [0.5, 0.6) is 0 Å². The average molecular weight is 466 g/mol. The highest BCUT2D eigenvalue weighted by molar-refractivity contribution is 6.87. The molecule has 0 radical (unpaired) electrons. The number of halogens is 2. The van der Waals surface area contributed by atoms with Gasteiger partial charge in [-0.1, -0.05) is 64.7 Å². The van der Waals surface area contributed by atoms with Crippen LogP contribution in [0.15, 0.2) is 18.2 Å². The maximum Gasteiger partial charge on any atom is 0.178 e. The maximum absolute atomic E-state index is 11.2. The van der Waals surface area contributed by atoms with E-state index in [1.54, 1.807) is 12.1 Å². The SMILES string of the molecule is CC(C)(C)[Si](C)(C)O[Si](C)(C)C(C)(C)C.O=C(CCO)c1ccc(Cl)c(Cl)c1. The van der Waals surface area contributed by atoms with E-state index in [0.29, 0.717) is 25.7 Å². The lowest BCUT2D eigenvalue weighted by molar-refractivity contribution is 0.0956. The van der Waals surface area contributed by atoms with E-state index in [2.05, 4.69) is 67.7 Å². The predicted octanol–water partition coefficient (Wildman–Crippen LogP) is 7.57. The Morgan fingerprint density at radius 3 is 1.68 bits per heavy atom. The Hall–Kier alpha value is -0.176. The van der Waals surface area contributed by atoms with Gasteiger partial charge >= 0.3 is 0 Å². The van der Waals surface area contributed by atoms with E-state index in [1.807, 2.05) is 0 Å². The van der Waals surface area contributed by atoms with Gasteiger partial charge in [-0.25, -0.2) is 0 Å². The fraction of sp³-hybridized carbons (Fsp3) is 0.667. The van der Waals surface area contributed by atoms with Gasteiger partial charge in [0.1, 0.15) is 0 Å². The standard InChI is InChI=1S/C12H30OSi2.C9H8Cl2O2/c1-11(2,3)14(7,8)13-15(9,10)12(4,5)6;10-7-2-1-6(5-8(7)11)9(13)3-4-12/h1-10H3;1-2,5,12H,3-4H2. The van der Waals surface area contributed by atoms with E-state index in [4.69, 9.17) is 32.4 Å². The van der Waals surface area contributed by atoms with Crippen LogP contribution in [-0.4, -0.2) is 34.1 Å². The topological polar surface area (TPSA) is 46.5 Å². The smallest absolute Gasteiger partial charge is 0.178 e. The van der Waals surface area contributed by atoms with Crippen LogP contribution in [-0.2, 0) is 4.12 Å². The number of carbonyl (C=O) groups is 1. The van der Waals surface area contributed by atoms with Gasteiger partial charge in [0.25, 0.3) is 0 Å². The second kappa shape index (κ2) is 10.2. The van der Waals surface area contributed by atoms with Crippen LogP contribution in [0.3, 0.4) is 0 Å². The quantitative estimate of drug-likeness (QED) is 0.360. The van der Waals surface area contributed by atoms with Gasteiger partial charge in [-0.2, -0.15) is 0 Å². The number of benzene rings is 1. The molecule has 0 heterocycles. The van der Waals surface area contributed by atoms with Crippen molar-refractivity contribution in [3.05, 3.63) is 33.8 Å². The van der Waals surface area contributed by atoms with Crippen LogP contribution in [0.2, 0.25) is 46.3 Å². The third-order valence-corrected chi connectivity index (χ3v) is 17.7. The number of aliphatic hydroxyl groups is 1. The molecule has 0 aliphatic carbocycles. The molecule has 0 amide bonds. The van der Waals surface area contributed by atoms with Crippen LogP contribution < -0.4 is 0 Å². The lowest BCUT2D eigenvalue weighted by atomic mass is 10.1. The summed E-state index contributed by atoms with van der Waals surface area (Å²) in [5.74, 6) is -0.138. The molecule has 0 bridgehead atoms. The summed E-state index contributed by atoms with van der Waals surface area (Å²) in [6.07, 6.45) is 0.109. The van der Waals surface area contributed by atoms with E-state index in [-0.39, 0.29) is 18.8 Å². The minimum atomic E-state index is -1.59. The highest BCUT2D eigenvalue weighted by Gasteiger charge is 2.46. The van der Waals surface area contributed by atoms with Crippen molar-refractivity contribution in [2.24, 2.45) is 0 Å². The van der Waals surface area contributed by atoms with Gasteiger partial charge in [0, 0.05) is 12.0 Å². The van der Waals surface area contributed by atoms with Gasteiger partial charge in [-0.15, -0.1) is 0 Å². The Morgan fingerprint density at radius 1 is 0.929 bits per heavy atom. The van der Waals surface area contributed by atoms with Crippen LogP contribution in [0.25, 0.3) is 0 Å². The molecule has 7 heteroatoms. The van der Waals surface area contributed by atoms with E-state index < -0.39 is 16.6 Å². The fourth-order valence-electron chi connectivity index (χ4n) is 1.86. The van der Waals surface area contributed by atoms with Gasteiger partial charge in [0.15, 0.2) is 22.4 Å². The first-order chi connectivity index (χ1) is 12.4. The largest absolute Gasteiger partial charge is 0.455 e. The Balaban J connectivity index is 0.000000525. The van der Waals surface area contributed by atoms with E-state index >= 15 is 0 Å². The van der Waals surface area contributed by atoms with Crippen molar-refractivity contribution in [1.29, 1.82) is 0 Å². The van der Waals surface area contributed by atoms with Crippen molar-refractivity contribution in [2.45, 2.75) is 84.2 Å². The maximum atomic E-state index is 11.2. The fourth-order valence-corrected chi connectivity index (χ4v) is 9.71. The lowest BCUT2D eigenvalue weighted by Gasteiger charge is -2.47. The second-order valence-electron chi connectivity index (χ2n) is 10.1. The van der Waals surface area contributed by atoms with Crippen LogP contribution in [0.4, 0.5) is 0 Å². The molecule has 1 aromatic carbocycles. The Morgan fingerprint density at radius 2 is 1.36 bits per heavy atom. The van der Waals surface area contributed by atoms with E-state index in [9.17, 15) is 4.79 Å². The van der Waals surface area contributed by atoms with Crippen molar-refractivity contribution in [3.8, 4) is 0 Å². The number of hydrogen-bond acceptors (Lipinski definition) is 3. The van der Waals surface area contributed by atoms with Gasteiger partial charge in [-0.05, 0) is 54.5 Å². The number of carbonyl (C=O) groups excluding carboxylic acids is 1. The van der Waals surface area contributed by atoms with Gasteiger partial charge in [0.05, 0.1) is 16.7 Å². The molecule has 1 aromatic rings. The molecule has 0 atom stereocenters. The first-order valence-corrected chi connectivity index (χ1v) is 16.2. The molecule has 0 unspecified atom stereocenters. The predicted molar refractivity (Wildman–Crippen MR) is 128 cm³/mol. The summed E-state index contributed by atoms with van der Waals surface area (Å²) in [7, 11) is -3.18. The zero-order chi connectivity index (χ0) is 22.6. The van der Waals surface area contributed by atoms with Crippen molar-refractivity contribution < 1.29 is 14.0 Å². The molecular weight excluding hydrogens is 427 g/mol. The Kier molecular flexibility index (Phi) is 10.2. The number of rotatable bonds is 5. The normalized spacial score (nSPS) is 13.0. The molecular formula is C21H38Cl2O3Si2. The van der Waals surface area contributed by atoms with Gasteiger partial charge in [-0.3, -0.25) is 4.79 Å². The van der Waals surface area contributed by atoms with Crippen molar-refractivity contribution in [3.63, 3.8) is 0 Å². The number of aliphatic hydroxyl groups excluding tert-OH is 1.